The monoisotopic (exact) mass is 360 g/mol. The van der Waals surface area contributed by atoms with Gasteiger partial charge in [-0.25, -0.2) is 0 Å². The van der Waals surface area contributed by atoms with Crippen molar-refractivity contribution in [3.05, 3.63) is 29.3 Å². The normalized spacial score (nSPS) is 17.2. The summed E-state index contributed by atoms with van der Waals surface area (Å²) >= 11 is 1.36. The van der Waals surface area contributed by atoms with Crippen molar-refractivity contribution in [2.45, 2.75) is 26.2 Å². The van der Waals surface area contributed by atoms with Crippen LogP contribution in [0.1, 0.15) is 31.2 Å². The summed E-state index contributed by atoms with van der Waals surface area (Å²) < 4.78 is 5.19. The molecule has 0 bridgehead atoms. The van der Waals surface area contributed by atoms with Crippen LogP contribution >= 0.6 is 11.3 Å². The molecule has 0 spiro atoms. The third-order valence-electron chi connectivity index (χ3n) is 4.03. The number of rotatable bonds is 5. The van der Waals surface area contributed by atoms with Crippen LogP contribution in [0.3, 0.4) is 0 Å². The minimum Gasteiger partial charge on any atom is -0.497 e. The zero-order valence-corrected chi connectivity index (χ0v) is 15.2. The van der Waals surface area contributed by atoms with E-state index in [9.17, 15) is 9.59 Å². The molecule has 2 amide bonds. The molecule has 7 nitrogen and oxygen atoms in total. The number of nitrogens with zero attached hydrogens (tertiary/aromatic N) is 3. The molecule has 0 aliphatic carbocycles. The first-order valence-corrected chi connectivity index (χ1v) is 8.88. The van der Waals surface area contributed by atoms with Gasteiger partial charge in [-0.1, -0.05) is 31.3 Å². The predicted octanol–water partition coefficient (Wildman–Crippen LogP) is 2.66. The first kappa shape index (κ1) is 17.3. The van der Waals surface area contributed by atoms with Crippen LogP contribution in [0.15, 0.2) is 24.3 Å². The molecule has 1 fully saturated rings. The molecule has 1 aliphatic heterocycles. The SMILES string of the molecule is COc1cccc(N2C[C@@H](C(=O)Nc3nnc(C(C)C)s3)CC2=O)c1. The number of hydrogen-bond acceptors (Lipinski definition) is 6. The Hall–Kier alpha value is -2.48. The minimum absolute atomic E-state index is 0.0754. The van der Waals surface area contributed by atoms with E-state index >= 15 is 0 Å². The predicted molar refractivity (Wildman–Crippen MR) is 96.1 cm³/mol. The second-order valence-corrected chi connectivity index (χ2v) is 7.21. The molecule has 1 aliphatic rings. The Bertz CT molecular complexity index is 790. The lowest BCUT2D eigenvalue weighted by atomic mass is 10.1. The summed E-state index contributed by atoms with van der Waals surface area (Å²) in [5.41, 5.74) is 0.734. The molecule has 1 saturated heterocycles. The largest absolute Gasteiger partial charge is 0.497 e. The molecular formula is C17H20N4O3S. The Kier molecular flexibility index (Phi) is 4.98. The van der Waals surface area contributed by atoms with Gasteiger partial charge in [0.1, 0.15) is 10.8 Å². The van der Waals surface area contributed by atoms with Gasteiger partial charge in [-0.3, -0.25) is 9.59 Å². The molecule has 2 heterocycles. The van der Waals surface area contributed by atoms with Crippen LogP contribution in [0.25, 0.3) is 0 Å². The lowest BCUT2D eigenvalue weighted by Gasteiger charge is -2.17. The molecule has 1 N–H and O–H groups in total. The zero-order valence-electron chi connectivity index (χ0n) is 14.4. The number of hydrogen-bond donors (Lipinski definition) is 1. The van der Waals surface area contributed by atoms with Crippen molar-refractivity contribution < 1.29 is 14.3 Å². The fourth-order valence-electron chi connectivity index (χ4n) is 2.64. The van der Waals surface area contributed by atoms with E-state index < -0.39 is 5.92 Å². The second kappa shape index (κ2) is 7.18. The highest BCUT2D eigenvalue weighted by molar-refractivity contribution is 7.15. The van der Waals surface area contributed by atoms with Gasteiger partial charge in [0, 0.05) is 30.6 Å². The Balaban J connectivity index is 1.67. The van der Waals surface area contributed by atoms with Gasteiger partial charge in [-0.2, -0.15) is 0 Å². The van der Waals surface area contributed by atoms with Crippen molar-refractivity contribution in [1.82, 2.24) is 10.2 Å². The number of nitrogens with one attached hydrogen (secondary N) is 1. The van der Waals surface area contributed by atoms with Crippen molar-refractivity contribution in [2.75, 3.05) is 23.9 Å². The lowest BCUT2D eigenvalue weighted by molar-refractivity contribution is -0.122. The number of amides is 2. The van der Waals surface area contributed by atoms with E-state index in [4.69, 9.17) is 4.74 Å². The quantitative estimate of drug-likeness (QED) is 0.886. The highest BCUT2D eigenvalue weighted by Crippen LogP contribution is 2.29. The van der Waals surface area contributed by atoms with Gasteiger partial charge in [0.25, 0.3) is 0 Å². The molecule has 132 valence electrons. The van der Waals surface area contributed by atoms with E-state index in [-0.39, 0.29) is 24.2 Å². The molecule has 1 aromatic carbocycles. The Morgan fingerprint density at radius 1 is 1.40 bits per heavy atom. The molecule has 2 aromatic rings. The van der Waals surface area contributed by atoms with Gasteiger partial charge >= 0.3 is 0 Å². The number of benzene rings is 1. The van der Waals surface area contributed by atoms with E-state index in [0.29, 0.717) is 17.4 Å². The van der Waals surface area contributed by atoms with Gasteiger partial charge in [-0.15, -0.1) is 10.2 Å². The molecule has 0 radical (unpaired) electrons. The van der Waals surface area contributed by atoms with Crippen LogP contribution in [0.4, 0.5) is 10.8 Å². The Labute approximate surface area is 150 Å². The lowest BCUT2D eigenvalue weighted by Crippen LogP contribution is -2.28. The first-order valence-electron chi connectivity index (χ1n) is 8.06. The molecular weight excluding hydrogens is 340 g/mol. The first-order chi connectivity index (χ1) is 12.0. The number of ether oxygens (including phenoxy) is 1. The zero-order chi connectivity index (χ0) is 18.0. The minimum atomic E-state index is -0.412. The summed E-state index contributed by atoms with van der Waals surface area (Å²) in [5, 5.41) is 12.2. The van der Waals surface area contributed by atoms with Crippen LogP contribution in [-0.4, -0.2) is 35.7 Å². The highest BCUT2D eigenvalue weighted by Gasteiger charge is 2.35. The molecule has 3 rings (SSSR count). The van der Waals surface area contributed by atoms with Crippen molar-refractivity contribution in [3.63, 3.8) is 0 Å². The van der Waals surface area contributed by atoms with E-state index in [0.717, 1.165) is 10.7 Å². The summed E-state index contributed by atoms with van der Waals surface area (Å²) in [6, 6.07) is 7.26. The summed E-state index contributed by atoms with van der Waals surface area (Å²) in [4.78, 5) is 26.4. The van der Waals surface area contributed by atoms with Crippen molar-refractivity contribution in [1.29, 1.82) is 0 Å². The maximum absolute atomic E-state index is 12.5. The van der Waals surface area contributed by atoms with E-state index in [1.165, 1.54) is 11.3 Å². The number of carbonyl (C=O) groups is 2. The van der Waals surface area contributed by atoms with Gasteiger partial charge in [0.05, 0.1) is 13.0 Å². The van der Waals surface area contributed by atoms with Crippen molar-refractivity contribution in [3.8, 4) is 5.75 Å². The third-order valence-corrected chi connectivity index (χ3v) is 5.16. The average Bonchev–Trinajstić information content (AvgIpc) is 3.21. The number of anilines is 2. The Morgan fingerprint density at radius 3 is 2.88 bits per heavy atom. The summed E-state index contributed by atoms with van der Waals surface area (Å²) in [6.07, 6.45) is 0.179. The molecule has 0 unspecified atom stereocenters. The average molecular weight is 360 g/mol. The topological polar surface area (TPSA) is 84.4 Å². The smallest absolute Gasteiger partial charge is 0.231 e. The van der Waals surface area contributed by atoms with Crippen LogP contribution in [0, 0.1) is 5.92 Å². The molecule has 0 saturated carbocycles. The van der Waals surface area contributed by atoms with E-state index in [1.807, 2.05) is 32.0 Å². The summed E-state index contributed by atoms with van der Waals surface area (Å²) in [6.45, 7) is 4.38. The number of aromatic nitrogens is 2. The van der Waals surface area contributed by atoms with E-state index in [1.54, 1.807) is 18.1 Å². The Morgan fingerprint density at radius 2 is 2.20 bits per heavy atom. The van der Waals surface area contributed by atoms with Gasteiger partial charge in [-0.05, 0) is 12.1 Å². The van der Waals surface area contributed by atoms with Crippen LogP contribution in [-0.2, 0) is 9.59 Å². The maximum atomic E-state index is 12.5. The standard InChI is InChI=1S/C17H20N4O3S/c1-10(2)16-19-20-17(25-16)18-15(23)11-7-14(22)21(9-11)12-5-4-6-13(8-12)24-3/h4-6,8,10-11H,7,9H2,1-3H3,(H,18,20,23)/t11-/m0/s1. The summed E-state index contributed by atoms with van der Waals surface area (Å²) in [5.74, 6) is 0.247. The van der Waals surface area contributed by atoms with Crippen molar-refractivity contribution >= 4 is 34.0 Å². The molecule has 8 heteroatoms. The maximum Gasteiger partial charge on any atom is 0.231 e. The fraction of sp³-hybridized carbons (Fsp3) is 0.412. The fourth-order valence-corrected chi connectivity index (χ4v) is 3.39. The number of methoxy groups -OCH3 is 1. The van der Waals surface area contributed by atoms with Crippen LogP contribution in [0.5, 0.6) is 5.75 Å². The third kappa shape index (κ3) is 3.79. The van der Waals surface area contributed by atoms with Gasteiger partial charge in [0.2, 0.25) is 16.9 Å². The molecule has 1 atom stereocenters. The molecule has 1 aromatic heterocycles. The van der Waals surface area contributed by atoms with Crippen LogP contribution in [0.2, 0.25) is 0 Å². The van der Waals surface area contributed by atoms with Gasteiger partial charge < -0.3 is 15.0 Å². The highest BCUT2D eigenvalue weighted by atomic mass is 32.1. The second-order valence-electron chi connectivity index (χ2n) is 6.20. The van der Waals surface area contributed by atoms with Crippen molar-refractivity contribution in [2.24, 2.45) is 5.92 Å². The van der Waals surface area contributed by atoms with E-state index in [2.05, 4.69) is 15.5 Å². The molecule has 25 heavy (non-hydrogen) atoms. The number of carbonyl (C=O) groups excluding carboxylic acids is 2. The van der Waals surface area contributed by atoms with Crippen LogP contribution < -0.4 is 15.0 Å². The van der Waals surface area contributed by atoms with Gasteiger partial charge in [0.15, 0.2) is 0 Å². The summed E-state index contributed by atoms with van der Waals surface area (Å²) in [7, 11) is 1.58.